The number of amides is 1. The first kappa shape index (κ1) is 20.0. The Hall–Kier alpha value is -3.32. The topological polar surface area (TPSA) is 77.2 Å². The van der Waals surface area contributed by atoms with Crippen molar-refractivity contribution in [3.05, 3.63) is 77.7 Å². The van der Waals surface area contributed by atoms with Gasteiger partial charge in [0.05, 0.1) is 5.75 Å². The first-order chi connectivity index (χ1) is 14.6. The van der Waals surface area contributed by atoms with Crippen molar-refractivity contribution in [3.8, 4) is 5.75 Å². The number of aryl methyl sites for hydroxylation is 2. The Bertz CT molecular complexity index is 1160. The van der Waals surface area contributed by atoms with E-state index in [2.05, 4.69) is 15.5 Å². The molecule has 1 N–H and O–H groups in total. The van der Waals surface area contributed by atoms with Crippen LogP contribution >= 0.6 is 11.8 Å². The molecule has 0 spiro atoms. The van der Waals surface area contributed by atoms with E-state index in [1.54, 1.807) is 0 Å². The quantitative estimate of drug-likeness (QED) is 0.418. The normalized spacial score (nSPS) is 10.9. The van der Waals surface area contributed by atoms with E-state index in [0.29, 0.717) is 11.1 Å². The molecular weight excluding hydrogens is 398 g/mol. The molecule has 1 heterocycles. The van der Waals surface area contributed by atoms with E-state index >= 15 is 0 Å². The van der Waals surface area contributed by atoms with Crippen LogP contribution in [-0.2, 0) is 11.4 Å². The lowest BCUT2D eigenvalue weighted by molar-refractivity contribution is -0.113. The van der Waals surface area contributed by atoms with Crippen LogP contribution in [0.25, 0.3) is 10.8 Å². The maximum absolute atomic E-state index is 12.4. The van der Waals surface area contributed by atoms with Crippen molar-refractivity contribution in [2.75, 3.05) is 11.1 Å². The molecule has 0 saturated heterocycles. The van der Waals surface area contributed by atoms with Gasteiger partial charge in [0.1, 0.15) is 5.75 Å². The molecular formula is C23H21N3O3S. The number of para-hydroxylation sites is 1. The number of nitrogens with one attached hydrogen (secondary N) is 1. The second kappa shape index (κ2) is 9.00. The molecule has 6 nitrogen and oxygen atoms in total. The fourth-order valence-corrected chi connectivity index (χ4v) is 3.74. The first-order valence-corrected chi connectivity index (χ1v) is 10.5. The van der Waals surface area contributed by atoms with Crippen LogP contribution < -0.4 is 10.1 Å². The number of fused-ring (bicyclic) bond motifs is 1. The average molecular weight is 420 g/mol. The number of ether oxygens (including phenoxy) is 1. The summed E-state index contributed by atoms with van der Waals surface area (Å²) in [6, 6.07) is 19.7. The van der Waals surface area contributed by atoms with Gasteiger partial charge in [-0.25, -0.2) is 0 Å². The van der Waals surface area contributed by atoms with E-state index in [1.165, 1.54) is 11.8 Å². The van der Waals surface area contributed by atoms with Gasteiger partial charge in [0.25, 0.3) is 11.1 Å². The highest BCUT2D eigenvalue weighted by atomic mass is 32.2. The third kappa shape index (κ3) is 4.63. The summed E-state index contributed by atoms with van der Waals surface area (Å²) >= 11 is 1.19. The van der Waals surface area contributed by atoms with E-state index in [1.807, 2.05) is 74.5 Å². The summed E-state index contributed by atoms with van der Waals surface area (Å²) in [4.78, 5) is 12.4. The fraction of sp³-hybridized carbons (Fsp3) is 0.174. The summed E-state index contributed by atoms with van der Waals surface area (Å²) in [7, 11) is 0. The minimum Gasteiger partial charge on any atom is -0.483 e. The molecule has 0 aliphatic carbocycles. The Morgan fingerprint density at radius 2 is 1.73 bits per heavy atom. The summed E-state index contributed by atoms with van der Waals surface area (Å²) in [5.41, 5.74) is 2.88. The third-order valence-corrected chi connectivity index (χ3v) is 5.41. The highest BCUT2D eigenvalue weighted by Gasteiger charge is 2.12. The lowest BCUT2D eigenvalue weighted by Gasteiger charge is -2.09. The van der Waals surface area contributed by atoms with Gasteiger partial charge in [-0.2, -0.15) is 0 Å². The Morgan fingerprint density at radius 1 is 1.00 bits per heavy atom. The van der Waals surface area contributed by atoms with Gasteiger partial charge >= 0.3 is 0 Å². The molecule has 0 radical (unpaired) electrons. The Labute approximate surface area is 178 Å². The highest BCUT2D eigenvalue weighted by Crippen LogP contribution is 2.25. The number of carbonyl (C=O) groups excluding carboxylic acids is 1. The lowest BCUT2D eigenvalue weighted by atomic mass is 10.1. The van der Waals surface area contributed by atoms with Gasteiger partial charge in [0.15, 0.2) is 6.61 Å². The van der Waals surface area contributed by atoms with Crippen molar-refractivity contribution < 1.29 is 13.9 Å². The second-order valence-corrected chi connectivity index (χ2v) is 7.76. The standard InChI is InChI=1S/C23H21N3O3S/c1-15-7-5-8-16(2)22(15)28-13-21-25-26-23(29-21)30-14-20(27)24-19-12-6-10-17-9-3-4-11-18(17)19/h3-12H,13-14H2,1-2H3,(H,24,27). The molecule has 1 aromatic heterocycles. The summed E-state index contributed by atoms with van der Waals surface area (Å²) in [5, 5.41) is 13.3. The predicted molar refractivity (Wildman–Crippen MR) is 118 cm³/mol. The third-order valence-electron chi connectivity index (χ3n) is 4.59. The van der Waals surface area contributed by atoms with Crippen LogP contribution in [0.15, 0.2) is 70.3 Å². The molecule has 30 heavy (non-hydrogen) atoms. The van der Waals surface area contributed by atoms with Crippen LogP contribution in [0.1, 0.15) is 17.0 Å². The van der Waals surface area contributed by atoms with E-state index in [0.717, 1.165) is 33.3 Å². The largest absolute Gasteiger partial charge is 0.483 e. The van der Waals surface area contributed by atoms with E-state index < -0.39 is 0 Å². The van der Waals surface area contributed by atoms with Gasteiger partial charge in [0.2, 0.25) is 5.91 Å². The Balaban J connectivity index is 1.32. The number of aromatic nitrogens is 2. The zero-order chi connectivity index (χ0) is 20.9. The van der Waals surface area contributed by atoms with Gasteiger partial charge < -0.3 is 14.5 Å². The Kier molecular flexibility index (Phi) is 5.99. The minimum atomic E-state index is -0.136. The zero-order valence-electron chi connectivity index (χ0n) is 16.7. The minimum absolute atomic E-state index is 0.136. The fourth-order valence-electron chi connectivity index (χ4n) is 3.16. The SMILES string of the molecule is Cc1cccc(C)c1OCc1nnc(SCC(=O)Nc2cccc3ccccc23)o1. The summed E-state index contributed by atoms with van der Waals surface area (Å²) in [6.45, 7) is 4.17. The number of hydrogen-bond acceptors (Lipinski definition) is 6. The maximum Gasteiger partial charge on any atom is 0.277 e. The van der Waals surface area contributed by atoms with Gasteiger partial charge in [-0.05, 0) is 36.4 Å². The van der Waals surface area contributed by atoms with Crippen molar-refractivity contribution in [2.24, 2.45) is 0 Å². The second-order valence-electron chi connectivity index (χ2n) is 6.83. The molecule has 1 amide bonds. The van der Waals surface area contributed by atoms with Gasteiger partial charge in [-0.3, -0.25) is 4.79 Å². The number of benzene rings is 3. The molecule has 0 unspecified atom stereocenters. The molecule has 4 rings (SSSR count). The van der Waals surface area contributed by atoms with Gasteiger partial charge in [-0.15, -0.1) is 10.2 Å². The molecule has 0 aliphatic heterocycles. The summed E-state index contributed by atoms with van der Waals surface area (Å²) < 4.78 is 11.4. The van der Waals surface area contributed by atoms with Gasteiger partial charge in [-0.1, -0.05) is 66.4 Å². The average Bonchev–Trinajstić information content (AvgIpc) is 3.20. The van der Waals surface area contributed by atoms with Gasteiger partial charge in [0, 0.05) is 11.1 Å². The van der Waals surface area contributed by atoms with Crippen LogP contribution in [0.3, 0.4) is 0 Å². The Morgan fingerprint density at radius 3 is 2.57 bits per heavy atom. The highest BCUT2D eigenvalue weighted by molar-refractivity contribution is 7.99. The van der Waals surface area contributed by atoms with Crippen LogP contribution in [0.4, 0.5) is 5.69 Å². The molecule has 7 heteroatoms. The van der Waals surface area contributed by atoms with Crippen molar-refractivity contribution in [3.63, 3.8) is 0 Å². The van der Waals surface area contributed by atoms with E-state index in [4.69, 9.17) is 9.15 Å². The van der Waals surface area contributed by atoms with Crippen LogP contribution in [-0.4, -0.2) is 21.9 Å². The zero-order valence-corrected chi connectivity index (χ0v) is 17.5. The van der Waals surface area contributed by atoms with Crippen molar-refractivity contribution in [1.82, 2.24) is 10.2 Å². The monoisotopic (exact) mass is 419 g/mol. The van der Waals surface area contributed by atoms with Crippen LogP contribution in [0.5, 0.6) is 5.75 Å². The number of rotatable bonds is 7. The predicted octanol–water partition coefficient (Wildman–Crippen LogP) is 5.15. The molecule has 152 valence electrons. The van der Waals surface area contributed by atoms with Crippen LogP contribution in [0.2, 0.25) is 0 Å². The first-order valence-electron chi connectivity index (χ1n) is 9.52. The van der Waals surface area contributed by atoms with Crippen molar-refractivity contribution in [2.45, 2.75) is 25.7 Å². The number of nitrogens with zero attached hydrogens (tertiary/aromatic N) is 2. The van der Waals surface area contributed by atoms with Crippen LogP contribution in [0, 0.1) is 13.8 Å². The molecule has 0 aliphatic rings. The molecule has 4 aromatic rings. The molecule has 0 saturated carbocycles. The summed E-state index contributed by atoms with van der Waals surface area (Å²) in [6.07, 6.45) is 0. The number of hydrogen-bond donors (Lipinski definition) is 1. The molecule has 0 atom stereocenters. The van der Waals surface area contributed by atoms with E-state index in [-0.39, 0.29) is 18.3 Å². The smallest absolute Gasteiger partial charge is 0.277 e. The van der Waals surface area contributed by atoms with Crippen molar-refractivity contribution >= 4 is 34.1 Å². The number of carbonyl (C=O) groups is 1. The molecule has 0 fully saturated rings. The molecule has 3 aromatic carbocycles. The summed E-state index contributed by atoms with van der Waals surface area (Å²) in [5.74, 6) is 1.22. The maximum atomic E-state index is 12.4. The van der Waals surface area contributed by atoms with Crippen molar-refractivity contribution in [1.29, 1.82) is 0 Å². The number of anilines is 1. The van der Waals surface area contributed by atoms with E-state index in [9.17, 15) is 4.79 Å². The molecule has 0 bridgehead atoms. The number of thioether (sulfide) groups is 1. The lowest BCUT2D eigenvalue weighted by Crippen LogP contribution is -2.14.